The first-order valence-corrected chi connectivity index (χ1v) is 9.70. The van der Waals surface area contributed by atoms with E-state index in [1.165, 1.54) is 16.5 Å². The van der Waals surface area contributed by atoms with E-state index in [0.717, 1.165) is 11.3 Å². The lowest BCUT2D eigenvalue weighted by Crippen LogP contribution is -2.25. The molecule has 0 spiro atoms. The fraction of sp³-hybridized carbons (Fsp3) is 0.412. The maximum absolute atomic E-state index is 13.0. The van der Waals surface area contributed by atoms with Gasteiger partial charge in [-0.2, -0.15) is 10.4 Å². The number of amides is 2. The van der Waals surface area contributed by atoms with Crippen LogP contribution in [0.25, 0.3) is 0 Å². The van der Waals surface area contributed by atoms with Crippen molar-refractivity contribution in [2.45, 2.75) is 33.2 Å². The third kappa shape index (κ3) is 3.93. The molecule has 1 atom stereocenters. The van der Waals surface area contributed by atoms with Crippen molar-refractivity contribution in [3.63, 3.8) is 0 Å². The molecule has 150 valence electrons. The van der Waals surface area contributed by atoms with Gasteiger partial charge in [0.15, 0.2) is 0 Å². The van der Waals surface area contributed by atoms with Gasteiger partial charge in [0.1, 0.15) is 22.8 Å². The minimum absolute atomic E-state index is 0.144. The first kappa shape index (κ1) is 22.0. The van der Waals surface area contributed by atoms with Crippen molar-refractivity contribution >= 4 is 44.1 Å². The van der Waals surface area contributed by atoms with Gasteiger partial charge in [-0.25, -0.2) is 8.78 Å². The Kier molecular flexibility index (Phi) is 6.56. The summed E-state index contributed by atoms with van der Waals surface area (Å²) in [6.45, 7) is 4.71. The molecule has 28 heavy (non-hydrogen) atoms. The Morgan fingerprint density at radius 1 is 1.36 bits per heavy atom. The number of halogens is 3. The van der Waals surface area contributed by atoms with E-state index in [1.54, 1.807) is 27.9 Å². The van der Waals surface area contributed by atoms with Crippen LogP contribution in [0.4, 0.5) is 13.8 Å². The molecule has 0 fully saturated rings. The molecular formula is C17H18BrF2N5O2S. The smallest absolute Gasteiger partial charge is 0.283 e. The summed E-state index contributed by atoms with van der Waals surface area (Å²) >= 11 is 4.07. The summed E-state index contributed by atoms with van der Waals surface area (Å²) in [4.78, 5) is 26.7. The monoisotopic (exact) mass is 473 g/mol. The lowest BCUT2D eigenvalue weighted by molar-refractivity contribution is -0.119. The van der Waals surface area contributed by atoms with E-state index >= 15 is 0 Å². The molecule has 7 nitrogen and oxygen atoms in total. The maximum Gasteiger partial charge on any atom is 0.283 e. The van der Waals surface area contributed by atoms with Crippen molar-refractivity contribution in [2.24, 2.45) is 0 Å². The molecule has 0 aliphatic heterocycles. The molecule has 2 heterocycles. The highest BCUT2D eigenvalue weighted by molar-refractivity contribution is 9.10. The highest BCUT2D eigenvalue weighted by Gasteiger charge is 2.27. The fourth-order valence-electron chi connectivity index (χ4n) is 2.51. The topological polar surface area (TPSA) is 91.0 Å². The van der Waals surface area contributed by atoms with Crippen LogP contribution in [-0.2, 0) is 4.79 Å². The number of thiophene rings is 1. The van der Waals surface area contributed by atoms with E-state index in [0.29, 0.717) is 16.1 Å². The lowest BCUT2D eigenvalue weighted by atomic mass is 10.1. The summed E-state index contributed by atoms with van der Waals surface area (Å²) in [5.41, 5.74) is 0.611. The van der Waals surface area contributed by atoms with Gasteiger partial charge in [-0.05, 0) is 42.3 Å². The molecule has 0 unspecified atom stereocenters. The molecule has 0 bridgehead atoms. The Morgan fingerprint density at radius 2 is 1.96 bits per heavy atom. The number of anilines is 1. The number of carbonyl (C=O) groups is 2. The van der Waals surface area contributed by atoms with Crippen LogP contribution < -0.4 is 5.32 Å². The van der Waals surface area contributed by atoms with Crippen LogP contribution in [0.15, 0.2) is 4.47 Å². The molecule has 11 heteroatoms. The van der Waals surface area contributed by atoms with Crippen molar-refractivity contribution in [2.75, 3.05) is 19.4 Å². The summed E-state index contributed by atoms with van der Waals surface area (Å²) < 4.78 is 27.4. The maximum atomic E-state index is 13.0. The third-order valence-corrected chi connectivity index (χ3v) is 6.33. The second kappa shape index (κ2) is 8.36. The zero-order valence-electron chi connectivity index (χ0n) is 15.8. The highest BCUT2D eigenvalue weighted by atomic mass is 79.9. The van der Waals surface area contributed by atoms with Crippen LogP contribution in [0, 0.1) is 25.2 Å². The molecule has 2 rings (SSSR count). The van der Waals surface area contributed by atoms with Crippen molar-refractivity contribution in [1.29, 1.82) is 5.26 Å². The summed E-state index contributed by atoms with van der Waals surface area (Å²) in [7, 11) is 3.18. The van der Waals surface area contributed by atoms with Gasteiger partial charge < -0.3 is 10.2 Å². The van der Waals surface area contributed by atoms with Crippen molar-refractivity contribution in [3.05, 3.63) is 31.9 Å². The number of hydrogen-bond donors (Lipinski definition) is 1. The van der Waals surface area contributed by atoms with Gasteiger partial charge in [-0.1, -0.05) is 0 Å². The molecule has 0 saturated carbocycles. The molecule has 2 aromatic heterocycles. The van der Waals surface area contributed by atoms with Crippen LogP contribution in [0.3, 0.4) is 0 Å². The van der Waals surface area contributed by atoms with Crippen LogP contribution in [-0.4, -0.2) is 40.6 Å². The molecule has 0 radical (unpaired) electrons. The number of nitriles is 1. The second-order valence-corrected chi connectivity index (χ2v) is 8.08. The molecule has 0 aliphatic rings. The van der Waals surface area contributed by atoms with Crippen LogP contribution in [0.5, 0.6) is 0 Å². The predicted molar refractivity (Wildman–Crippen MR) is 105 cm³/mol. The fourth-order valence-corrected chi connectivity index (χ4v) is 4.12. The summed E-state index contributed by atoms with van der Waals surface area (Å²) in [6.07, 6.45) is -2.78. The standard InChI is InChI=1S/C17H18BrF2N5O2S/c1-7-10(6-21)16(28-13(7)17(27)24(4)5)22-15(26)9(3)25-8(2)11(18)12(23-25)14(19)20/h9,14H,1-5H3,(H,22,26)/t9-/m1/s1. The minimum atomic E-state index is -2.78. The second-order valence-electron chi connectivity index (χ2n) is 6.27. The average molecular weight is 474 g/mol. The number of carbonyl (C=O) groups excluding carboxylic acids is 2. The Labute approximate surface area is 173 Å². The third-order valence-electron chi connectivity index (χ3n) is 4.15. The van der Waals surface area contributed by atoms with Crippen molar-refractivity contribution < 1.29 is 18.4 Å². The van der Waals surface area contributed by atoms with E-state index in [2.05, 4.69) is 26.3 Å². The summed E-state index contributed by atoms with van der Waals surface area (Å²) in [5, 5.41) is 16.1. The van der Waals surface area contributed by atoms with Gasteiger partial charge in [0.2, 0.25) is 5.91 Å². The first-order valence-electron chi connectivity index (χ1n) is 8.09. The SMILES string of the molecule is Cc1c(C(=O)N(C)C)sc(NC(=O)[C@@H](C)n2nc(C(F)F)c(Br)c2C)c1C#N. The molecule has 1 N–H and O–H groups in total. The van der Waals surface area contributed by atoms with Gasteiger partial charge >= 0.3 is 0 Å². The van der Waals surface area contributed by atoms with Crippen molar-refractivity contribution in [3.8, 4) is 6.07 Å². The van der Waals surface area contributed by atoms with Gasteiger partial charge in [0.25, 0.3) is 12.3 Å². The van der Waals surface area contributed by atoms with E-state index in [4.69, 9.17) is 0 Å². The summed E-state index contributed by atoms with van der Waals surface area (Å²) in [5.74, 6) is -0.818. The number of hydrogen-bond acceptors (Lipinski definition) is 5. The number of nitrogens with zero attached hydrogens (tertiary/aromatic N) is 4. The van der Waals surface area contributed by atoms with E-state index in [1.807, 2.05) is 6.07 Å². The average Bonchev–Trinajstić information content (AvgIpc) is 3.10. The van der Waals surface area contributed by atoms with E-state index in [-0.39, 0.29) is 20.9 Å². The van der Waals surface area contributed by atoms with Crippen LogP contribution >= 0.6 is 27.3 Å². The van der Waals surface area contributed by atoms with E-state index < -0.39 is 24.1 Å². The Morgan fingerprint density at radius 3 is 2.43 bits per heavy atom. The normalized spacial score (nSPS) is 12.0. The molecular weight excluding hydrogens is 456 g/mol. The number of nitrogens with one attached hydrogen (secondary N) is 1. The largest absolute Gasteiger partial charge is 0.344 e. The Bertz CT molecular complexity index is 977. The Hall–Kier alpha value is -2.32. The van der Waals surface area contributed by atoms with Gasteiger partial charge in [-0.3, -0.25) is 14.3 Å². The Balaban J connectivity index is 2.35. The van der Waals surface area contributed by atoms with Gasteiger partial charge in [0, 0.05) is 14.1 Å². The van der Waals surface area contributed by atoms with Crippen molar-refractivity contribution in [1.82, 2.24) is 14.7 Å². The first-order chi connectivity index (χ1) is 13.0. The zero-order valence-corrected chi connectivity index (χ0v) is 18.2. The lowest BCUT2D eigenvalue weighted by Gasteiger charge is -2.14. The molecule has 2 aromatic rings. The van der Waals surface area contributed by atoms with Crippen LogP contribution in [0.2, 0.25) is 0 Å². The molecule has 0 aromatic carbocycles. The quantitative estimate of drug-likeness (QED) is 0.709. The minimum Gasteiger partial charge on any atom is -0.344 e. The highest BCUT2D eigenvalue weighted by Crippen LogP contribution is 2.34. The van der Waals surface area contributed by atoms with Gasteiger partial charge in [0.05, 0.1) is 20.6 Å². The number of aromatic nitrogens is 2. The zero-order chi connectivity index (χ0) is 21.3. The number of rotatable bonds is 5. The molecule has 2 amide bonds. The van der Waals surface area contributed by atoms with E-state index in [9.17, 15) is 23.6 Å². The number of alkyl halides is 2. The van der Waals surface area contributed by atoms with Crippen LogP contribution in [0.1, 0.15) is 51.6 Å². The molecule has 0 saturated heterocycles. The van der Waals surface area contributed by atoms with Gasteiger partial charge in [-0.15, -0.1) is 11.3 Å². The molecule has 0 aliphatic carbocycles. The predicted octanol–water partition coefficient (Wildman–Crippen LogP) is 4.03. The summed E-state index contributed by atoms with van der Waals surface area (Å²) in [6, 6.07) is 1.09.